The van der Waals surface area contributed by atoms with Crippen LogP contribution in [0.2, 0.25) is 0 Å². The molecule has 2 unspecified atom stereocenters. The summed E-state index contributed by atoms with van der Waals surface area (Å²) in [5, 5.41) is 36.6. The van der Waals surface area contributed by atoms with Crippen molar-refractivity contribution in [1.82, 2.24) is 71.5 Å². The van der Waals surface area contributed by atoms with Crippen LogP contribution < -0.4 is 31.1 Å². The molecule has 4 aromatic rings. The van der Waals surface area contributed by atoms with Gasteiger partial charge in [-0.15, -0.1) is 0 Å². The Bertz CT molecular complexity index is 2330. The Labute approximate surface area is 422 Å². The van der Waals surface area contributed by atoms with E-state index in [2.05, 4.69) is 76.0 Å². The Morgan fingerprint density at radius 2 is 1.03 bits per heavy atom. The lowest BCUT2D eigenvalue weighted by molar-refractivity contribution is -0.141. The number of amides is 4. The minimum absolute atomic E-state index is 0.0712. The first-order valence-electron chi connectivity index (χ1n) is 24.6. The molecule has 386 valence electrons. The summed E-state index contributed by atoms with van der Waals surface area (Å²) in [5.74, 6) is 11.2. The molecule has 2 aliphatic rings. The van der Waals surface area contributed by atoms with Crippen LogP contribution in [0.1, 0.15) is 64.5 Å². The second kappa shape index (κ2) is 27.0. The van der Waals surface area contributed by atoms with Gasteiger partial charge in [-0.05, 0) is 111 Å². The normalized spacial score (nSPS) is 17.8. The van der Waals surface area contributed by atoms with Gasteiger partial charge in [-0.3, -0.25) is 19.2 Å². The minimum Gasteiger partial charge on any atom is -0.363 e. The lowest BCUT2D eigenvalue weighted by Gasteiger charge is -2.32. The third-order valence-electron chi connectivity index (χ3n) is 13.1. The van der Waals surface area contributed by atoms with E-state index in [4.69, 9.17) is 9.47 Å². The average Bonchev–Trinajstić information content (AvgIpc) is 4.24. The first-order chi connectivity index (χ1) is 34.8. The number of ether oxygens (including phenoxy) is 2. The highest BCUT2D eigenvalue weighted by molar-refractivity contribution is 5.91. The van der Waals surface area contributed by atoms with Gasteiger partial charge >= 0.3 is 0 Å². The summed E-state index contributed by atoms with van der Waals surface area (Å²) in [7, 11) is 7.19. The molecule has 2 aliphatic heterocycles. The number of hydrogen-bond acceptors (Lipinski definition) is 16. The number of likely N-dealkylation sites (tertiary alicyclic amines) is 2. The van der Waals surface area contributed by atoms with E-state index in [1.54, 1.807) is 61.0 Å². The number of aromatic nitrogens is 8. The minimum atomic E-state index is -1.00. The number of carbonyl (C=O) groups excluding carboxylic acids is 4. The molecule has 4 N–H and O–H groups in total. The highest BCUT2D eigenvalue weighted by atomic mass is 16.5. The lowest BCUT2D eigenvalue weighted by Crippen LogP contribution is -2.58. The number of nitrogens with zero attached hydrogens (tertiary/aromatic N) is 12. The molecule has 0 saturated carbocycles. The van der Waals surface area contributed by atoms with Crippen molar-refractivity contribution in [2.75, 3.05) is 64.3 Å². The Morgan fingerprint density at radius 1 is 0.639 bits per heavy atom. The Hall–Kier alpha value is -6.98. The Kier molecular flexibility index (Phi) is 20.4. The molecule has 0 aliphatic carbocycles. The van der Waals surface area contributed by atoms with Gasteiger partial charge in [0.15, 0.2) is 0 Å². The van der Waals surface area contributed by atoms with Gasteiger partial charge in [0.1, 0.15) is 25.3 Å². The van der Waals surface area contributed by atoms with E-state index in [-0.39, 0.29) is 48.9 Å². The molecular weight excluding hydrogens is 921 g/mol. The van der Waals surface area contributed by atoms with Crippen LogP contribution in [0.4, 0.5) is 11.9 Å². The maximum Gasteiger partial charge on any atom is 0.248 e. The van der Waals surface area contributed by atoms with Crippen LogP contribution in [-0.4, -0.2) is 177 Å². The van der Waals surface area contributed by atoms with Gasteiger partial charge in [-0.1, -0.05) is 82.7 Å². The zero-order valence-corrected chi connectivity index (χ0v) is 42.7. The van der Waals surface area contributed by atoms with Crippen molar-refractivity contribution in [3.05, 3.63) is 71.8 Å². The average molecular weight is 991 g/mol. The van der Waals surface area contributed by atoms with Crippen LogP contribution in [-0.2, 0) is 54.8 Å². The molecule has 0 radical (unpaired) electrons. The SMILES string of the molecule is CN[C@@H](C)C(=O)N[C@H](C(=O)N1CCC[C@H]1Cn1nnnc1N(C)Cc1ccccc1)C(C)OCC#CC#CCOC(C)[C@H](NC(=O)[C@H](C)NC)C(=O)N1CCC[C@H]1Cn1nnnc1N(C)Cc1ccccc1. The van der Waals surface area contributed by atoms with Gasteiger partial charge in [0.25, 0.3) is 0 Å². The lowest BCUT2D eigenvalue weighted by atomic mass is 10.1. The summed E-state index contributed by atoms with van der Waals surface area (Å²) in [6.07, 6.45) is 1.53. The van der Waals surface area contributed by atoms with E-state index in [1.807, 2.05) is 84.6 Å². The third kappa shape index (κ3) is 14.8. The maximum absolute atomic E-state index is 14.3. The van der Waals surface area contributed by atoms with Crippen molar-refractivity contribution in [3.8, 4) is 23.7 Å². The number of nitrogens with one attached hydrogen (secondary N) is 4. The predicted molar refractivity (Wildman–Crippen MR) is 269 cm³/mol. The molecule has 8 atom stereocenters. The zero-order valence-electron chi connectivity index (χ0n) is 42.7. The molecule has 4 heterocycles. The second-order valence-electron chi connectivity index (χ2n) is 18.3. The monoisotopic (exact) mass is 991 g/mol. The van der Waals surface area contributed by atoms with E-state index in [9.17, 15) is 19.2 Å². The van der Waals surface area contributed by atoms with Crippen molar-refractivity contribution < 1.29 is 28.7 Å². The van der Waals surface area contributed by atoms with Crippen LogP contribution in [0.25, 0.3) is 0 Å². The first kappa shape index (κ1) is 54.4. The summed E-state index contributed by atoms with van der Waals surface area (Å²) >= 11 is 0. The fourth-order valence-corrected chi connectivity index (χ4v) is 8.70. The summed E-state index contributed by atoms with van der Waals surface area (Å²) in [4.78, 5) is 62.6. The first-order valence-corrected chi connectivity index (χ1v) is 24.6. The van der Waals surface area contributed by atoms with Gasteiger partial charge in [-0.2, -0.15) is 0 Å². The van der Waals surface area contributed by atoms with Crippen molar-refractivity contribution in [2.45, 2.75) is 128 Å². The van der Waals surface area contributed by atoms with Gasteiger partial charge in [0.2, 0.25) is 35.5 Å². The second-order valence-corrected chi connectivity index (χ2v) is 18.3. The summed E-state index contributed by atoms with van der Waals surface area (Å²) < 4.78 is 15.5. The quantitative estimate of drug-likeness (QED) is 0.0705. The molecule has 0 bridgehead atoms. The van der Waals surface area contributed by atoms with Crippen molar-refractivity contribution >= 4 is 35.5 Å². The number of anilines is 2. The fraction of sp³-hybridized carbons (Fsp3) is 0.560. The van der Waals surface area contributed by atoms with Gasteiger partial charge < -0.3 is 50.3 Å². The molecule has 2 fully saturated rings. The summed E-state index contributed by atoms with van der Waals surface area (Å²) in [5.41, 5.74) is 2.22. The fourth-order valence-electron chi connectivity index (χ4n) is 8.70. The zero-order chi connectivity index (χ0) is 51.6. The van der Waals surface area contributed by atoms with E-state index >= 15 is 0 Å². The van der Waals surface area contributed by atoms with E-state index in [0.29, 0.717) is 51.2 Å². The third-order valence-corrected chi connectivity index (χ3v) is 13.1. The molecule has 2 aromatic heterocycles. The van der Waals surface area contributed by atoms with E-state index in [1.165, 1.54) is 0 Å². The van der Waals surface area contributed by atoms with Crippen LogP contribution >= 0.6 is 0 Å². The van der Waals surface area contributed by atoms with Crippen LogP contribution in [0.15, 0.2) is 60.7 Å². The number of hydrogen-bond donors (Lipinski definition) is 4. The van der Waals surface area contributed by atoms with Crippen LogP contribution in [0.5, 0.6) is 0 Å². The van der Waals surface area contributed by atoms with Crippen molar-refractivity contribution in [1.29, 1.82) is 0 Å². The standard InChI is InChI=1S/C50H70N16O6/c1-35(51-5)45(67)53-43(47(69)63-27-19-25-41(63)33-65-49(55-57-59-65)61(7)31-39-21-13-11-14-22-39)37(3)71-29-17-9-10-18-30-72-38(4)44(54-46(68)36(2)52-6)48(70)64-28-20-26-42(64)34-66-50(56-58-60-66)62(8)32-40-23-15-12-16-24-40/h11-16,21-24,35-38,41-44,51-52H,19-20,25-34H2,1-8H3,(H,53,67)(H,54,68)/t35-,36-,37?,38?,41-,42-,43-,44-/m0/s1. The largest absolute Gasteiger partial charge is 0.363 e. The number of carbonyl (C=O) groups is 4. The molecule has 22 nitrogen and oxygen atoms in total. The molecule has 6 rings (SSSR count). The molecule has 22 heteroatoms. The molecule has 4 amide bonds. The Balaban J connectivity index is 1.04. The van der Waals surface area contributed by atoms with Gasteiger partial charge in [0, 0.05) is 40.3 Å². The number of rotatable bonds is 24. The van der Waals surface area contributed by atoms with Gasteiger partial charge in [-0.25, -0.2) is 9.36 Å². The number of likely N-dealkylation sites (N-methyl/N-ethyl adjacent to an activating group) is 2. The highest BCUT2D eigenvalue weighted by Crippen LogP contribution is 2.25. The molecule has 0 spiro atoms. The van der Waals surface area contributed by atoms with Crippen molar-refractivity contribution in [3.63, 3.8) is 0 Å². The molecule has 72 heavy (non-hydrogen) atoms. The van der Waals surface area contributed by atoms with Crippen LogP contribution in [0, 0.1) is 23.7 Å². The number of benzene rings is 2. The molecule has 2 aromatic carbocycles. The number of tetrazole rings is 2. The van der Waals surface area contributed by atoms with E-state index in [0.717, 1.165) is 36.8 Å². The molecule has 2 saturated heterocycles. The Morgan fingerprint density at radius 3 is 1.40 bits per heavy atom. The van der Waals surface area contributed by atoms with E-state index < -0.39 is 36.4 Å². The molecular formula is C50H70N16O6. The maximum atomic E-state index is 14.3. The highest BCUT2D eigenvalue weighted by Gasteiger charge is 2.40. The topological polar surface area (TPSA) is 235 Å². The predicted octanol–water partition coefficient (Wildman–Crippen LogP) is 0.617. The summed E-state index contributed by atoms with van der Waals surface area (Å²) in [6, 6.07) is 16.5. The summed E-state index contributed by atoms with van der Waals surface area (Å²) in [6.45, 7) is 9.70. The van der Waals surface area contributed by atoms with Crippen LogP contribution in [0.3, 0.4) is 0 Å². The van der Waals surface area contributed by atoms with Crippen molar-refractivity contribution in [2.24, 2.45) is 0 Å². The van der Waals surface area contributed by atoms with Gasteiger partial charge in [0.05, 0.1) is 49.5 Å². The smallest absolute Gasteiger partial charge is 0.248 e.